The molecule has 0 radical (unpaired) electrons. The second kappa shape index (κ2) is 3.32. The molecule has 1 fully saturated rings. The second-order valence-corrected chi connectivity index (χ2v) is 5.19. The van der Waals surface area contributed by atoms with E-state index in [0.29, 0.717) is 11.0 Å². The second-order valence-electron chi connectivity index (χ2n) is 5.19. The zero-order chi connectivity index (χ0) is 12.0. The van der Waals surface area contributed by atoms with Gasteiger partial charge in [-0.05, 0) is 36.5 Å². The molecule has 4 heteroatoms. The molecule has 0 atom stereocenters. The van der Waals surface area contributed by atoms with Gasteiger partial charge in [0.2, 0.25) is 0 Å². The summed E-state index contributed by atoms with van der Waals surface area (Å²) in [6.07, 6.45) is 4.29. The molecular weight excluding hydrogens is 216 g/mol. The van der Waals surface area contributed by atoms with E-state index in [1.807, 2.05) is 0 Å². The van der Waals surface area contributed by atoms with Crippen molar-refractivity contribution in [2.45, 2.75) is 26.3 Å². The maximum Gasteiger partial charge on any atom is 0.335 e. The number of aromatic carboxylic acids is 1. The molecule has 0 unspecified atom stereocenters. The van der Waals surface area contributed by atoms with E-state index in [2.05, 4.69) is 16.5 Å². The summed E-state index contributed by atoms with van der Waals surface area (Å²) in [5.41, 5.74) is 2.48. The van der Waals surface area contributed by atoms with E-state index in [4.69, 9.17) is 5.11 Å². The Balaban J connectivity index is 2.06. The summed E-state index contributed by atoms with van der Waals surface area (Å²) in [7, 11) is 0. The Labute approximate surface area is 98.9 Å². The zero-order valence-corrected chi connectivity index (χ0v) is 9.68. The molecule has 0 aliphatic heterocycles. The molecule has 2 aromatic rings. The predicted octanol–water partition coefficient (Wildman–Crippen LogP) is 2.53. The highest BCUT2D eigenvalue weighted by molar-refractivity contribution is 5.92. The molecule has 1 saturated carbocycles. The Hall–Kier alpha value is -1.84. The van der Waals surface area contributed by atoms with Crippen molar-refractivity contribution >= 4 is 17.0 Å². The van der Waals surface area contributed by atoms with Gasteiger partial charge in [0.25, 0.3) is 0 Å². The number of imidazole rings is 1. The van der Waals surface area contributed by atoms with Crippen LogP contribution in [-0.2, 0) is 6.54 Å². The molecule has 4 nitrogen and oxygen atoms in total. The number of hydrogen-bond acceptors (Lipinski definition) is 2. The van der Waals surface area contributed by atoms with Gasteiger partial charge in [-0.1, -0.05) is 6.92 Å². The highest BCUT2D eigenvalue weighted by atomic mass is 16.4. The standard InChI is InChI=1S/C13H14N2O2/c1-13(4-5-13)7-15-8-14-10-3-2-9(12(16)17)6-11(10)15/h2-3,6,8H,4-5,7H2,1H3,(H,16,17). The smallest absolute Gasteiger partial charge is 0.335 e. The van der Waals surface area contributed by atoms with Gasteiger partial charge in [0.15, 0.2) is 0 Å². The first-order chi connectivity index (χ1) is 8.07. The van der Waals surface area contributed by atoms with Crippen LogP contribution in [0.2, 0.25) is 0 Å². The highest BCUT2D eigenvalue weighted by Gasteiger charge is 2.37. The van der Waals surface area contributed by atoms with Gasteiger partial charge >= 0.3 is 5.97 Å². The summed E-state index contributed by atoms with van der Waals surface area (Å²) in [5.74, 6) is -0.891. The van der Waals surface area contributed by atoms with Crippen molar-refractivity contribution in [3.8, 4) is 0 Å². The number of carboxylic acids is 1. The Bertz CT molecular complexity index is 596. The Morgan fingerprint density at radius 1 is 1.53 bits per heavy atom. The number of rotatable bonds is 3. The van der Waals surface area contributed by atoms with Gasteiger partial charge in [0.1, 0.15) is 0 Å². The minimum absolute atomic E-state index is 0.320. The number of hydrogen-bond donors (Lipinski definition) is 1. The minimum atomic E-state index is -0.891. The van der Waals surface area contributed by atoms with Gasteiger partial charge in [-0.3, -0.25) is 0 Å². The summed E-state index contributed by atoms with van der Waals surface area (Å²) in [5, 5.41) is 8.99. The van der Waals surface area contributed by atoms with Gasteiger partial charge in [-0.2, -0.15) is 0 Å². The van der Waals surface area contributed by atoms with Crippen LogP contribution in [-0.4, -0.2) is 20.6 Å². The predicted molar refractivity (Wildman–Crippen MR) is 64.0 cm³/mol. The molecule has 0 spiro atoms. The van der Waals surface area contributed by atoms with Crippen LogP contribution in [0.5, 0.6) is 0 Å². The van der Waals surface area contributed by atoms with E-state index < -0.39 is 5.97 Å². The molecule has 3 rings (SSSR count). The van der Waals surface area contributed by atoms with Crippen LogP contribution in [0.25, 0.3) is 11.0 Å². The lowest BCUT2D eigenvalue weighted by Gasteiger charge is -2.10. The van der Waals surface area contributed by atoms with Crippen molar-refractivity contribution in [1.82, 2.24) is 9.55 Å². The van der Waals surface area contributed by atoms with Crippen molar-refractivity contribution in [1.29, 1.82) is 0 Å². The van der Waals surface area contributed by atoms with Crippen molar-refractivity contribution in [2.75, 3.05) is 0 Å². The minimum Gasteiger partial charge on any atom is -0.478 e. The van der Waals surface area contributed by atoms with Gasteiger partial charge in [0, 0.05) is 6.54 Å². The van der Waals surface area contributed by atoms with E-state index in [1.165, 1.54) is 12.8 Å². The first-order valence-electron chi connectivity index (χ1n) is 5.76. The Kier molecular flexibility index (Phi) is 2.02. The molecule has 1 aliphatic carbocycles. The van der Waals surface area contributed by atoms with Crippen molar-refractivity contribution in [3.63, 3.8) is 0 Å². The molecule has 88 valence electrons. The van der Waals surface area contributed by atoms with E-state index in [9.17, 15) is 4.79 Å². The third-order valence-electron chi connectivity index (χ3n) is 3.52. The van der Waals surface area contributed by atoms with Crippen LogP contribution in [0.15, 0.2) is 24.5 Å². The van der Waals surface area contributed by atoms with E-state index in [-0.39, 0.29) is 0 Å². The maximum absolute atomic E-state index is 10.9. The number of aromatic nitrogens is 2. The average Bonchev–Trinajstić information content (AvgIpc) is 2.88. The van der Waals surface area contributed by atoms with Gasteiger partial charge in [-0.25, -0.2) is 9.78 Å². The first-order valence-corrected chi connectivity index (χ1v) is 5.76. The third-order valence-corrected chi connectivity index (χ3v) is 3.52. The highest BCUT2D eigenvalue weighted by Crippen LogP contribution is 2.46. The fourth-order valence-corrected chi connectivity index (χ4v) is 2.10. The maximum atomic E-state index is 10.9. The lowest BCUT2D eigenvalue weighted by atomic mass is 10.1. The van der Waals surface area contributed by atoms with Gasteiger partial charge in [-0.15, -0.1) is 0 Å². The number of carboxylic acid groups (broad SMARTS) is 1. The zero-order valence-electron chi connectivity index (χ0n) is 9.68. The molecule has 1 aromatic heterocycles. The summed E-state index contributed by atoms with van der Waals surface area (Å²) >= 11 is 0. The van der Waals surface area contributed by atoms with Gasteiger partial charge < -0.3 is 9.67 Å². The molecule has 1 aliphatic rings. The molecule has 0 saturated heterocycles. The molecule has 1 heterocycles. The summed E-state index contributed by atoms with van der Waals surface area (Å²) in [6.45, 7) is 3.17. The monoisotopic (exact) mass is 230 g/mol. The summed E-state index contributed by atoms with van der Waals surface area (Å²) in [6, 6.07) is 5.07. The molecule has 0 bridgehead atoms. The van der Waals surface area contributed by atoms with E-state index in [0.717, 1.165) is 17.6 Å². The van der Waals surface area contributed by atoms with Crippen LogP contribution in [0.4, 0.5) is 0 Å². The fourth-order valence-electron chi connectivity index (χ4n) is 2.10. The number of benzene rings is 1. The summed E-state index contributed by atoms with van der Waals surface area (Å²) in [4.78, 5) is 15.2. The first kappa shape index (κ1) is 10.3. The van der Waals surface area contributed by atoms with Crippen LogP contribution < -0.4 is 0 Å². The SMILES string of the molecule is CC1(Cn2cnc3ccc(C(=O)O)cc32)CC1. The van der Waals surface area contributed by atoms with Crippen molar-refractivity contribution < 1.29 is 9.90 Å². The topological polar surface area (TPSA) is 55.1 Å². The molecular formula is C13H14N2O2. The fraction of sp³-hybridized carbons (Fsp3) is 0.385. The molecule has 0 amide bonds. The van der Waals surface area contributed by atoms with Crippen LogP contribution >= 0.6 is 0 Å². The normalized spacial score (nSPS) is 17.2. The van der Waals surface area contributed by atoms with Crippen molar-refractivity contribution in [3.05, 3.63) is 30.1 Å². The third kappa shape index (κ3) is 1.79. The van der Waals surface area contributed by atoms with E-state index >= 15 is 0 Å². The molecule has 1 aromatic carbocycles. The summed E-state index contributed by atoms with van der Waals surface area (Å²) < 4.78 is 2.06. The van der Waals surface area contributed by atoms with Crippen molar-refractivity contribution in [2.24, 2.45) is 5.41 Å². The largest absolute Gasteiger partial charge is 0.478 e. The quantitative estimate of drug-likeness (QED) is 0.881. The lowest BCUT2D eigenvalue weighted by Crippen LogP contribution is -2.07. The lowest BCUT2D eigenvalue weighted by molar-refractivity contribution is 0.0697. The number of nitrogens with zero attached hydrogens (tertiary/aromatic N) is 2. The van der Waals surface area contributed by atoms with Crippen LogP contribution in [0.3, 0.4) is 0 Å². The van der Waals surface area contributed by atoms with Crippen LogP contribution in [0, 0.1) is 5.41 Å². The Morgan fingerprint density at radius 2 is 2.29 bits per heavy atom. The molecule has 17 heavy (non-hydrogen) atoms. The van der Waals surface area contributed by atoms with Gasteiger partial charge in [0.05, 0.1) is 22.9 Å². The number of fused-ring (bicyclic) bond motifs is 1. The molecule has 1 N–H and O–H groups in total. The van der Waals surface area contributed by atoms with Crippen LogP contribution in [0.1, 0.15) is 30.1 Å². The Morgan fingerprint density at radius 3 is 2.94 bits per heavy atom. The average molecular weight is 230 g/mol. The number of carbonyl (C=O) groups is 1. The van der Waals surface area contributed by atoms with E-state index in [1.54, 1.807) is 24.5 Å².